The first-order valence-corrected chi connectivity index (χ1v) is 5.96. The van der Waals surface area contributed by atoms with E-state index in [1.54, 1.807) is 13.8 Å². The van der Waals surface area contributed by atoms with E-state index in [0.717, 1.165) is 6.07 Å². The first-order chi connectivity index (χ1) is 8.49. The fourth-order valence-electron chi connectivity index (χ4n) is 1.38. The van der Waals surface area contributed by atoms with Gasteiger partial charge in [0.25, 0.3) is 0 Å². The maximum atomic E-state index is 13.5. The molecule has 102 valence electrons. The Morgan fingerprint density at radius 2 is 1.89 bits per heavy atom. The Morgan fingerprint density at radius 3 is 2.44 bits per heavy atom. The topological polar surface area (TPSA) is 57.2 Å². The second kappa shape index (κ2) is 6.49. The zero-order valence-electron chi connectivity index (χ0n) is 10.8. The summed E-state index contributed by atoms with van der Waals surface area (Å²) in [7, 11) is 0. The summed E-state index contributed by atoms with van der Waals surface area (Å²) in [5, 5.41) is 14.6. The molecule has 0 bridgehead atoms. The molecule has 2 unspecified atom stereocenters. The van der Waals surface area contributed by atoms with E-state index in [1.807, 2.05) is 6.92 Å². The van der Waals surface area contributed by atoms with E-state index in [9.17, 15) is 8.78 Å². The molecule has 1 aromatic rings. The molecule has 2 atom stereocenters. The number of nitrogens with zero attached hydrogens (tertiary/aromatic N) is 1. The zero-order valence-corrected chi connectivity index (χ0v) is 10.8. The number of pyridine rings is 1. The molecule has 0 saturated heterocycles. The molecule has 0 aliphatic rings. The minimum absolute atomic E-state index is 0.0137. The van der Waals surface area contributed by atoms with E-state index >= 15 is 0 Å². The Hall–Kier alpha value is -1.43. The van der Waals surface area contributed by atoms with Crippen LogP contribution in [0.5, 0.6) is 0 Å². The summed E-state index contributed by atoms with van der Waals surface area (Å²) in [4.78, 5) is 3.86. The average Bonchev–Trinajstić information content (AvgIpc) is 2.34. The van der Waals surface area contributed by atoms with Crippen LogP contribution in [-0.4, -0.2) is 29.3 Å². The summed E-state index contributed by atoms with van der Waals surface area (Å²) >= 11 is 0. The fraction of sp³-hybridized carbons (Fsp3) is 0.583. The molecular weight excluding hydrogens is 240 g/mol. The van der Waals surface area contributed by atoms with Crippen molar-refractivity contribution in [3.05, 3.63) is 17.7 Å². The molecule has 0 aromatic carbocycles. The molecule has 1 heterocycles. The van der Waals surface area contributed by atoms with Gasteiger partial charge in [0.05, 0.1) is 0 Å². The molecule has 0 spiro atoms. The maximum Gasteiger partial charge on any atom is 0.168 e. The van der Waals surface area contributed by atoms with Crippen LogP contribution in [0.4, 0.5) is 20.4 Å². The summed E-state index contributed by atoms with van der Waals surface area (Å²) in [6.07, 6.45) is 0. The van der Waals surface area contributed by atoms with Gasteiger partial charge in [-0.1, -0.05) is 6.92 Å². The van der Waals surface area contributed by atoms with Gasteiger partial charge in [-0.15, -0.1) is 0 Å². The van der Waals surface area contributed by atoms with Gasteiger partial charge in [0.15, 0.2) is 23.3 Å². The second-order valence-corrected chi connectivity index (χ2v) is 4.27. The summed E-state index contributed by atoms with van der Waals surface area (Å²) < 4.78 is 26.9. The van der Waals surface area contributed by atoms with Crippen LogP contribution < -0.4 is 10.6 Å². The van der Waals surface area contributed by atoms with Gasteiger partial charge in [-0.05, 0) is 19.8 Å². The molecule has 1 rings (SSSR count). The quantitative estimate of drug-likeness (QED) is 0.733. The lowest BCUT2D eigenvalue weighted by atomic mass is 10.1. The van der Waals surface area contributed by atoms with Gasteiger partial charge in [0, 0.05) is 25.3 Å². The molecule has 0 aliphatic heterocycles. The molecule has 1 aromatic heterocycles. The van der Waals surface area contributed by atoms with E-state index in [2.05, 4.69) is 15.6 Å². The molecule has 0 fully saturated rings. The van der Waals surface area contributed by atoms with E-state index in [4.69, 9.17) is 5.11 Å². The normalized spacial score (nSPS) is 14.1. The zero-order chi connectivity index (χ0) is 13.7. The number of halogens is 2. The molecule has 0 saturated carbocycles. The van der Waals surface area contributed by atoms with Crippen molar-refractivity contribution in [2.24, 2.45) is 5.92 Å². The SMILES string of the molecule is CCNc1nc(NC(C)C(C)CO)c(F)cc1F. The Bertz CT molecular complexity index is 401. The van der Waals surface area contributed by atoms with Gasteiger partial charge in [-0.3, -0.25) is 0 Å². The molecular formula is C12H19F2N3O. The van der Waals surface area contributed by atoms with Crippen LogP contribution in [0.1, 0.15) is 20.8 Å². The van der Waals surface area contributed by atoms with E-state index in [1.165, 1.54) is 0 Å². The number of aromatic nitrogens is 1. The van der Waals surface area contributed by atoms with Gasteiger partial charge in [0.2, 0.25) is 0 Å². The number of anilines is 2. The predicted octanol–water partition coefficient (Wildman–Crippen LogP) is 2.22. The second-order valence-electron chi connectivity index (χ2n) is 4.27. The van der Waals surface area contributed by atoms with Gasteiger partial charge >= 0.3 is 0 Å². The van der Waals surface area contributed by atoms with Crippen molar-refractivity contribution >= 4 is 11.6 Å². The third-order valence-electron chi connectivity index (χ3n) is 2.78. The molecule has 6 heteroatoms. The van der Waals surface area contributed by atoms with Gasteiger partial charge in [-0.25, -0.2) is 13.8 Å². The number of hydrogen-bond donors (Lipinski definition) is 3. The predicted molar refractivity (Wildman–Crippen MR) is 67.7 cm³/mol. The lowest BCUT2D eigenvalue weighted by Crippen LogP contribution is -2.27. The van der Waals surface area contributed by atoms with Crippen molar-refractivity contribution in [2.45, 2.75) is 26.8 Å². The van der Waals surface area contributed by atoms with Crippen LogP contribution >= 0.6 is 0 Å². The van der Waals surface area contributed by atoms with Crippen molar-refractivity contribution in [2.75, 3.05) is 23.8 Å². The van der Waals surface area contributed by atoms with E-state index in [-0.39, 0.29) is 30.2 Å². The van der Waals surface area contributed by atoms with Crippen LogP contribution in [0.15, 0.2) is 6.07 Å². The Balaban J connectivity index is 2.91. The highest BCUT2D eigenvalue weighted by Gasteiger charge is 2.16. The molecule has 4 nitrogen and oxygen atoms in total. The largest absolute Gasteiger partial charge is 0.396 e. The third-order valence-corrected chi connectivity index (χ3v) is 2.78. The summed E-state index contributed by atoms with van der Waals surface area (Å²) in [6.45, 7) is 5.91. The first-order valence-electron chi connectivity index (χ1n) is 5.96. The number of rotatable bonds is 6. The molecule has 0 radical (unpaired) electrons. The van der Waals surface area contributed by atoms with Crippen molar-refractivity contribution in [3.8, 4) is 0 Å². The number of nitrogens with one attached hydrogen (secondary N) is 2. The first kappa shape index (κ1) is 14.6. The van der Waals surface area contributed by atoms with Crippen LogP contribution in [0.3, 0.4) is 0 Å². The van der Waals surface area contributed by atoms with Crippen LogP contribution in [-0.2, 0) is 0 Å². The van der Waals surface area contributed by atoms with Crippen molar-refractivity contribution < 1.29 is 13.9 Å². The highest BCUT2D eigenvalue weighted by atomic mass is 19.1. The van der Waals surface area contributed by atoms with Crippen molar-refractivity contribution in [1.82, 2.24) is 4.98 Å². The van der Waals surface area contributed by atoms with Gasteiger partial charge in [0.1, 0.15) is 0 Å². The summed E-state index contributed by atoms with van der Waals surface area (Å²) in [6, 6.07) is 0.626. The lowest BCUT2D eigenvalue weighted by molar-refractivity contribution is 0.226. The van der Waals surface area contributed by atoms with Crippen LogP contribution in [0.2, 0.25) is 0 Å². The number of aliphatic hydroxyl groups excluding tert-OH is 1. The van der Waals surface area contributed by atoms with Gasteiger partial charge < -0.3 is 15.7 Å². The Kier molecular flexibility index (Phi) is 5.27. The minimum atomic E-state index is -0.744. The smallest absolute Gasteiger partial charge is 0.168 e. The average molecular weight is 259 g/mol. The Labute approximate surface area is 105 Å². The van der Waals surface area contributed by atoms with Crippen LogP contribution in [0.25, 0.3) is 0 Å². The third kappa shape index (κ3) is 3.53. The molecule has 0 amide bonds. The monoisotopic (exact) mass is 259 g/mol. The highest BCUT2D eigenvalue weighted by Crippen LogP contribution is 2.20. The van der Waals surface area contributed by atoms with Crippen molar-refractivity contribution in [3.63, 3.8) is 0 Å². The number of hydrogen-bond acceptors (Lipinski definition) is 4. The summed E-state index contributed by atoms with van der Waals surface area (Å²) in [5.74, 6) is -1.52. The standard InChI is InChI=1S/C12H19F2N3O/c1-4-15-11-9(13)5-10(14)12(17-11)16-8(3)7(2)6-18/h5,7-8,18H,4,6H2,1-3H3,(H2,15,16,17). The maximum absolute atomic E-state index is 13.5. The van der Waals surface area contributed by atoms with E-state index < -0.39 is 11.6 Å². The fourth-order valence-corrected chi connectivity index (χ4v) is 1.38. The highest BCUT2D eigenvalue weighted by molar-refractivity contribution is 5.48. The lowest BCUT2D eigenvalue weighted by Gasteiger charge is -2.20. The molecule has 3 N–H and O–H groups in total. The molecule has 18 heavy (non-hydrogen) atoms. The number of aliphatic hydroxyl groups is 1. The Morgan fingerprint density at radius 1 is 1.28 bits per heavy atom. The minimum Gasteiger partial charge on any atom is -0.396 e. The van der Waals surface area contributed by atoms with E-state index in [0.29, 0.717) is 6.54 Å². The van der Waals surface area contributed by atoms with Gasteiger partial charge in [-0.2, -0.15) is 0 Å². The summed E-state index contributed by atoms with van der Waals surface area (Å²) in [5.41, 5.74) is 0. The molecule has 0 aliphatic carbocycles. The van der Waals surface area contributed by atoms with Crippen LogP contribution in [0, 0.1) is 17.6 Å². The van der Waals surface area contributed by atoms with Crippen molar-refractivity contribution in [1.29, 1.82) is 0 Å².